The van der Waals surface area contributed by atoms with E-state index in [4.69, 9.17) is 5.26 Å². The third-order valence-electron chi connectivity index (χ3n) is 2.41. The number of rotatable bonds is 0. The first kappa shape index (κ1) is 9.47. The van der Waals surface area contributed by atoms with Crippen LogP contribution >= 0.6 is 0 Å². The molecule has 1 aromatic heterocycles. The number of aromatic nitrogens is 1. The van der Waals surface area contributed by atoms with Crippen LogP contribution in [0.15, 0.2) is 23.0 Å². The van der Waals surface area contributed by atoms with Crippen LogP contribution in [-0.4, -0.2) is 4.98 Å². The van der Waals surface area contributed by atoms with Crippen LogP contribution in [0.2, 0.25) is 0 Å². The van der Waals surface area contributed by atoms with Crippen molar-refractivity contribution in [1.82, 2.24) is 4.98 Å². The second-order valence-corrected chi connectivity index (χ2v) is 3.67. The van der Waals surface area contributed by atoms with Gasteiger partial charge in [-0.2, -0.15) is 5.26 Å². The van der Waals surface area contributed by atoms with Crippen molar-refractivity contribution in [3.63, 3.8) is 0 Å². The Labute approximate surface area is 87.0 Å². The molecule has 0 saturated carbocycles. The number of benzene rings is 1. The van der Waals surface area contributed by atoms with Gasteiger partial charge in [-0.25, -0.2) is 0 Å². The van der Waals surface area contributed by atoms with E-state index in [1.807, 2.05) is 32.0 Å². The molecule has 0 aliphatic rings. The number of pyridine rings is 1. The molecule has 3 heteroatoms. The van der Waals surface area contributed by atoms with Gasteiger partial charge in [0.15, 0.2) is 0 Å². The van der Waals surface area contributed by atoms with E-state index >= 15 is 0 Å². The second kappa shape index (κ2) is 3.25. The maximum Gasteiger partial charge on any atom is 0.266 e. The van der Waals surface area contributed by atoms with E-state index < -0.39 is 0 Å². The lowest BCUT2D eigenvalue weighted by Gasteiger charge is -2.03. The first-order chi connectivity index (χ1) is 7.11. The summed E-state index contributed by atoms with van der Waals surface area (Å²) in [6.45, 7) is 3.93. The SMILES string of the molecule is Cc1cc(C)c2[nH]c(=O)c(C#N)cc2c1. The van der Waals surface area contributed by atoms with Crippen molar-refractivity contribution in [1.29, 1.82) is 5.26 Å². The molecule has 0 atom stereocenters. The molecule has 0 fully saturated rings. The number of nitrogens with zero attached hydrogens (tertiary/aromatic N) is 1. The van der Waals surface area contributed by atoms with Crippen LogP contribution in [0.25, 0.3) is 10.9 Å². The van der Waals surface area contributed by atoms with Crippen molar-refractivity contribution in [3.05, 3.63) is 45.2 Å². The van der Waals surface area contributed by atoms with Crippen LogP contribution in [-0.2, 0) is 0 Å². The maximum atomic E-state index is 11.4. The standard InChI is InChI=1S/C12H10N2O/c1-7-3-8(2)11-9(4-7)5-10(6-13)12(15)14-11/h3-5H,1-2H3,(H,14,15). The average Bonchev–Trinajstić information content (AvgIpc) is 2.18. The fraction of sp³-hybridized carbons (Fsp3) is 0.167. The third kappa shape index (κ3) is 1.50. The fourth-order valence-electron chi connectivity index (χ4n) is 1.77. The average molecular weight is 198 g/mol. The number of nitrogens with one attached hydrogen (secondary N) is 1. The molecule has 0 bridgehead atoms. The number of aromatic amines is 1. The molecule has 0 amide bonds. The van der Waals surface area contributed by atoms with E-state index in [1.165, 1.54) is 0 Å². The van der Waals surface area contributed by atoms with Crippen LogP contribution in [0.4, 0.5) is 0 Å². The summed E-state index contributed by atoms with van der Waals surface area (Å²) in [5, 5.41) is 9.65. The summed E-state index contributed by atoms with van der Waals surface area (Å²) in [7, 11) is 0. The Hall–Kier alpha value is -2.08. The molecule has 0 unspecified atom stereocenters. The molecule has 3 nitrogen and oxygen atoms in total. The number of fused-ring (bicyclic) bond motifs is 1. The molecule has 2 aromatic rings. The molecule has 74 valence electrons. The summed E-state index contributed by atoms with van der Waals surface area (Å²) in [6, 6.07) is 7.48. The van der Waals surface area contributed by atoms with Crippen LogP contribution in [0.1, 0.15) is 16.7 Å². The molecular formula is C12H10N2O. The van der Waals surface area contributed by atoms with Crippen molar-refractivity contribution < 1.29 is 0 Å². The molecule has 15 heavy (non-hydrogen) atoms. The Morgan fingerprint density at radius 2 is 2.00 bits per heavy atom. The summed E-state index contributed by atoms with van der Waals surface area (Å²) in [5.74, 6) is 0. The number of hydrogen-bond acceptors (Lipinski definition) is 2. The Morgan fingerprint density at radius 3 is 2.67 bits per heavy atom. The lowest BCUT2D eigenvalue weighted by Crippen LogP contribution is -2.10. The Balaban J connectivity index is 2.95. The number of aryl methyl sites for hydroxylation is 2. The van der Waals surface area contributed by atoms with Crippen molar-refractivity contribution in [2.75, 3.05) is 0 Å². The summed E-state index contributed by atoms with van der Waals surface area (Å²) >= 11 is 0. The monoisotopic (exact) mass is 198 g/mol. The van der Waals surface area contributed by atoms with Gasteiger partial charge in [-0.3, -0.25) is 4.79 Å². The van der Waals surface area contributed by atoms with Gasteiger partial charge in [-0.05, 0) is 31.5 Å². The maximum absolute atomic E-state index is 11.4. The highest BCUT2D eigenvalue weighted by molar-refractivity contribution is 5.83. The minimum atomic E-state index is -0.322. The highest BCUT2D eigenvalue weighted by atomic mass is 16.1. The Bertz CT molecular complexity index is 632. The minimum absolute atomic E-state index is 0.160. The summed E-state index contributed by atoms with van der Waals surface area (Å²) < 4.78 is 0. The van der Waals surface area contributed by atoms with E-state index in [1.54, 1.807) is 6.07 Å². The topological polar surface area (TPSA) is 56.6 Å². The number of hydrogen-bond donors (Lipinski definition) is 1. The summed E-state index contributed by atoms with van der Waals surface area (Å²) in [6.07, 6.45) is 0. The lowest BCUT2D eigenvalue weighted by atomic mass is 10.1. The second-order valence-electron chi connectivity index (χ2n) is 3.67. The first-order valence-corrected chi connectivity index (χ1v) is 4.66. The zero-order valence-electron chi connectivity index (χ0n) is 8.59. The van der Waals surface area contributed by atoms with Crippen molar-refractivity contribution in [2.24, 2.45) is 0 Å². The van der Waals surface area contributed by atoms with Gasteiger partial charge < -0.3 is 4.98 Å². The van der Waals surface area contributed by atoms with E-state index in [-0.39, 0.29) is 11.1 Å². The van der Waals surface area contributed by atoms with Gasteiger partial charge in [0.05, 0.1) is 5.52 Å². The van der Waals surface area contributed by atoms with Crippen LogP contribution in [0.5, 0.6) is 0 Å². The highest BCUT2D eigenvalue weighted by Crippen LogP contribution is 2.17. The fourth-order valence-corrected chi connectivity index (χ4v) is 1.77. The highest BCUT2D eigenvalue weighted by Gasteiger charge is 2.04. The number of H-pyrrole nitrogens is 1. The van der Waals surface area contributed by atoms with Gasteiger partial charge in [0.2, 0.25) is 0 Å². The first-order valence-electron chi connectivity index (χ1n) is 4.66. The molecular weight excluding hydrogens is 188 g/mol. The molecule has 2 rings (SSSR count). The predicted octanol–water partition coefficient (Wildman–Crippen LogP) is 2.02. The van der Waals surface area contributed by atoms with E-state index in [9.17, 15) is 4.79 Å². The van der Waals surface area contributed by atoms with Crippen molar-refractivity contribution >= 4 is 10.9 Å². The quantitative estimate of drug-likeness (QED) is 0.704. The van der Waals surface area contributed by atoms with Gasteiger partial charge in [-0.15, -0.1) is 0 Å². The molecule has 1 N–H and O–H groups in total. The summed E-state index contributed by atoms with van der Waals surface area (Å²) in [4.78, 5) is 14.1. The Kier molecular flexibility index (Phi) is 2.05. The largest absolute Gasteiger partial charge is 0.321 e. The van der Waals surface area contributed by atoms with Crippen molar-refractivity contribution in [3.8, 4) is 6.07 Å². The van der Waals surface area contributed by atoms with Crippen molar-refractivity contribution in [2.45, 2.75) is 13.8 Å². The van der Waals surface area contributed by atoms with E-state index in [2.05, 4.69) is 4.98 Å². The van der Waals surface area contributed by atoms with Gasteiger partial charge in [0, 0.05) is 5.39 Å². The molecule has 0 aliphatic heterocycles. The van der Waals surface area contributed by atoms with Crippen LogP contribution in [0.3, 0.4) is 0 Å². The molecule has 0 spiro atoms. The molecule has 0 saturated heterocycles. The normalized spacial score (nSPS) is 10.2. The Morgan fingerprint density at radius 1 is 1.27 bits per heavy atom. The van der Waals surface area contributed by atoms with Crippen LogP contribution < -0.4 is 5.56 Å². The van der Waals surface area contributed by atoms with E-state index in [0.717, 1.165) is 22.0 Å². The molecule has 1 aromatic carbocycles. The van der Waals surface area contributed by atoms with Crippen LogP contribution in [0, 0.1) is 25.2 Å². The van der Waals surface area contributed by atoms with E-state index in [0.29, 0.717) is 0 Å². The lowest BCUT2D eigenvalue weighted by molar-refractivity contribution is 1.25. The minimum Gasteiger partial charge on any atom is -0.321 e. The zero-order chi connectivity index (χ0) is 11.0. The number of nitriles is 1. The molecule has 0 aliphatic carbocycles. The van der Waals surface area contributed by atoms with Gasteiger partial charge in [-0.1, -0.05) is 11.6 Å². The smallest absolute Gasteiger partial charge is 0.266 e. The summed E-state index contributed by atoms with van der Waals surface area (Å²) in [5.41, 5.74) is 2.79. The van der Waals surface area contributed by atoms with Gasteiger partial charge >= 0.3 is 0 Å². The molecule has 0 radical (unpaired) electrons. The third-order valence-corrected chi connectivity index (χ3v) is 2.41. The predicted molar refractivity (Wildman–Crippen MR) is 58.8 cm³/mol. The zero-order valence-corrected chi connectivity index (χ0v) is 8.59. The van der Waals surface area contributed by atoms with Gasteiger partial charge in [0.1, 0.15) is 11.6 Å². The molecule has 1 heterocycles. The van der Waals surface area contributed by atoms with Gasteiger partial charge in [0.25, 0.3) is 5.56 Å².